The summed E-state index contributed by atoms with van der Waals surface area (Å²) in [5.41, 5.74) is 6.04. The summed E-state index contributed by atoms with van der Waals surface area (Å²) < 4.78 is 0. The lowest BCUT2D eigenvalue weighted by atomic mass is 10.2. The van der Waals surface area contributed by atoms with Crippen LogP contribution in [0.4, 0.5) is 10.5 Å². The lowest BCUT2D eigenvalue weighted by Gasteiger charge is -2.07. The fourth-order valence-electron chi connectivity index (χ4n) is 1.37. The van der Waals surface area contributed by atoms with Gasteiger partial charge in [-0.05, 0) is 37.5 Å². The third kappa shape index (κ3) is 6.42. The van der Waals surface area contributed by atoms with Crippen molar-refractivity contribution in [2.45, 2.75) is 19.3 Å². The monoisotopic (exact) mass is 285 g/mol. The van der Waals surface area contributed by atoms with Gasteiger partial charge in [-0.1, -0.05) is 29.9 Å². The fourth-order valence-corrected chi connectivity index (χ4v) is 1.70. The maximum absolute atomic E-state index is 11.5. The first-order chi connectivity index (χ1) is 8.58. The van der Waals surface area contributed by atoms with Crippen molar-refractivity contribution in [2.75, 3.05) is 11.9 Å². The van der Waals surface area contributed by atoms with Crippen LogP contribution in [0.2, 0.25) is 5.02 Å². The third-order valence-electron chi connectivity index (χ3n) is 2.22. The molecule has 0 atom stereocenters. The zero-order valence-corrected chi connectivity index (χ0v) is 11.5. The largest absolute Gasteiger partial charge is 0.393 e. The topological polar surface area (TPSA) is 67.1 Å². The molecule has 1 rings (SSSR count). The van der Waals surface area contributed by atoms with E-state index in [1.807, 2.05) is 0 Å². The number of rotatable bonds is 6. The summed E-state index contributed by atoms with van der Waals surface area (Å²) in [5.74, 6) is 0. The molecule has 4 nitrogen and oxygen atoms in total. The highest BCUT2D eigenvalue weighted by Gasteiger charge is 2.01. The van der Waals surface area contributed by atoms with E-state index in [2.05, 4.69) is 10.6 Å². The van der Waals surface area contributed by atoms with Gasteiger partial charge in [0, 0.05) is 17.3 Å². The van der Waals surface area contributed by atoms with E-state index in [0.29, 0.717) is 28.7 Å². The first-order valence-corrected chi connectivity index (χ1v) is 6.45. The summed E-state index contributed by atoms with van der Waals surface area (Å²) in [7, 11) is 0. The van der Waals surface area contributed by atoms with E-state index < -0.39 is 0 Å². The number of hydrogen-bond acceptors (Lipinski definition) is 2. The minimum absolute atomic E-state index is 0.243. The molecule has 6 heteroatoms. The number of anilines is 1. The lowest BCUT2D eigenvalue weighted by Crippen LogP contribution is -2.29. The normalized spacial score (nSPS) is 9.83. The van der Waals surface area contributed by atoms with Crippen molar-refractivity contribution in [3.05, 3.63) is 29.3 Å². The molecular formula is C12H16ClN3OS. The quantitative estimate of drug-likeness (QED) is 0.556. The van der Waals surface area contributed by atoms with Crippen LogP contribution in [0, 0.1) is 0 Å². The van der Waals surface area contributed by atoms with Gasteiger partial charge >= 0.3 is 6.03 Å². The summed E-state index contributed by atoms with van der Waals surface area (Å²) in [5, 5.41) is 6.03. The maximum Gasteiger partial charge on any atom is 0.319 e. The Morgan fingerprint density at radius 3 is 2.83 bits per heavy atom. The number of halogens is 1. The highest BCUT2D eigenvalue weighted by molar-refractivity contribution is 7.80. The highest BCUT2D eigenvalue weighted by Crippen LogP contribution is 2.14. The molecular weight excluding hydrogens is 270 g/mol. The van der Waals surface area contributed by atoms with Gasteiger partial charge in [0.1, 0.15) is 0 Å². The van der Waals surface area contributed by atoms with Gasteiger partial charge in [0.05, 0.1) is 4.99 Å². The maximum atomic E-state index is 11.5. The Morgan fingerprint density at radius 1 is 1.39 bits per heavy atom. The summed E-state index contributed by atoms with van der Waals surface area (Å²) in [6.45, 7) is 0.592. The van der Waals surface area contributed by atoms with Crippen molar-refractivity contribution < 1.29 is 4.79 Å². The van der Waals surface area contributed by atoms with Crippen molar-refractivity contribution in [2.24, 2.45) is 5.73 Å². The van der Waals surface area contributed by atoms with Crippen LogP contribution in [-0.2, 0) is 0 Å². The lowest BCUT2D eigenvalue weighted by molar-refractivity contribution is 0.252. The summed E-state index contributed by atoms with van der Waals surface area (Å²) in [6.07, 6.45) is 2.44. The van der Waals surface area contributed by atoms with Gasteiger partial charge in [-0.15, -0.1) is 0 Å². The molecule has 0 fully saturated rings. The molecule has 0 saturated heterocycles. The molecule has 0 aromatic heterocycles. The molecule has 0 bridgehead atoms. The first-order valence-electron chi connectivity index (χ1n) is 5.66. The third-order valence-corrected chi connectivity index (χ3v) is 2.66. The zero-order valence-electron chi connectivity index (χ0n) is 9.91. The minimum Gasteiger partial charge on any atom is -0.393 e. The van der Waals surface area contributed by atoms with Gasteiger partial charge in [0.25, 0.3) is 0 Å². The van der Waals surface area contributed by atoms with Crippen LogP contribution in [0.3, 0.4) is 0 Å². The average Bonchev–Trinajstić information content (AvgIpc) is 2.28. The fraction of sp³-hybridized carbons (Fsp3) is 0.333. The zero-order chi connectivity index (χ0) is 13.4. The van der Waals surface area contributed by atoms with Crippen molar-refractivity contribution in [1.29, 1.82) is 0 Å². The molecule has 2 amide bonds. The standard InChI is InChI=1S/C12H16ClN3OS/c13-9-4-3-5-10(8-9)16-12(17)15-7-2-1-6-11(14)18/h3-5,8H,1-2,6-7H2,(H2,14,18)(H2,15,16,17). The van der Waals surface area contributed by atoms with Crippen molar-refractivity contribution in [3.8, 4) is 0 Å². The SMILES string of the molecule is NC(=S)CCCCNC(=O)Nc1cccc(Cl)c1. The molecule has 0 aliphatic heterocycles. The van der Waals surface area contributed by atoms with E-state index in [1.54, 1.807) is 24.3 Å². The number of thiocarbonyl (C=S) groups is 1. The van der Waals surface area contributed by atoms with Gasteiger partial charge < -0.3 is 16.4 Å². The number of nitrogens with two attached hydrogens (primary N) is 1. The number of hydrogen-bond donors (Lipinski definition) is 3. The number of urea groups is 1. The van der Waals surface area contributed by atoms with E-state index in [4.69, 9.17) is 29.6 Å². The molecule has 4 N–H and O–H groups in total. The van der Waals surface area contributed by atoms with Crippen LogP contribution in [0.15, 0.2) is 24.3 Å². The number of amides is 2. The second kappa shape index (κ2) is 7.89. The molecule has 0 unspecified atom stereocenters. The van der Waals surface area contributed by atoms with Crippen molar-refractivity contribution in [1.82, 2.24) is 5.32 Å². The molecule has 0 aliphatic rings. The van der Waals surface area contributed by atoms with E-state index in [9.17, 15) is 4.79 Å². The van der Waals surface area contributed by atoms with Crippen LogP contribution in [0.1, 0.15) is 19.3 Å². The number of carbonyl (C=O) groups is 1. The van der Waals surface area contributed by atoms with Gasteiger partial charge in [-0.3, -0.25) is 0 Å². The van der Waals surface area contributed by atoms with Gasteiger partial charge in [0.15, 0.2) is 0 Å². The second-order valence-corrected chi connectivity index (χ2v) is 4.78. The molecule has 0 saturated carbocycles. The van der Waals surface area contributed by atoms with E-state index in [-0.39, 0.29) is 6.03 Å². The Kier molecular flexibility index (Phi) is 6.46. The van der Waals surface area contributed by atoms with Crippen LogP contribution >= 0.6 is 23.8 Å². The van der Waals surface area contributed by atoms with Crippen molar-refractivity contribution >= 4 is 40.5 Å². The molecule has 0 heterocycles. The summed E-state index contributed by atoms with van der Waals surface area (Å²) >= 11 is 10.6. The molecule has 98 valence electrons. The molecule has 0 spiro atoms. The Balaban J connectivity index is 2.20. The predicted octanol–water partition coefficient (Wildman–Crippen LogP) is 2.92. The van der Waals surface area contributed by atoms with E-state index in [0.717, 1.165) is 12.8 Å². The first kappa shape index (κ1) is 14.7. The summed E-state index contributed by atoms with van der Waals surface area (Å²) in [4.78, 5) is 12.0. The van der Waals surface area contributed by atoms with Crippen LogP contribution in [0.25, 0.3) is 0 Å². The molecule has 0 radical (unpaired) electrons. The van der Waals surface area contributed by atoms with Crippen LogP contribution in [-0.4, -0.2) is 17.6 Å². The second-order valence-electron chi connectivity index (χ2n) is 3.81. The Hall–Kier alpha value is -1.33. The molecule has 1 aromatic rings. The average molecular weight is 286 g/mol. The van der Waals surface area contributed by atoms with Crippen molar-refractivity contribution in [3.63, 3.8) is 0 Å². The van der Waals surface area contributed by atoms with Crippen LogP contribution < -0.4 is 16.4 Å². The number of nitrogens with one attached hydrogen (secondary N) is 2. The number of unbranched alkanes of at least 4 members (excludes halogenated alkanes) is 1. The molecule has 1 aromatic carbocycles. The number of carbonyl (C=O) groups excluding carboxylic acids is 1. The smallest absolute Gasteiger partial charge is 0.319 e. The van der Waals surface area contributed by atoms with E-state index in [1.165, 1.54) is 0 Å². The molecule has 18 heavy (non-hydrogen) atoms. The van der Waals surface area contributed by atoms with Gasteiger partial charge in [0.2, 0.25) is 0 Å². The molecule has 0 aliphatic carbocycles. The minimum atomic E-state index is -0.243. The van der Waals surface area contributed by atoms with Gasteiger partial charge in [-0.25, -0.2) is 4.79 Å². The van der Waals surface area contributed by atoms with E-state index >= 15 is 0 Å². The Labute approximate surface area is 117 Å². The Morgan fingerprint density at radius 2 is 2.17 bits per heavy atom. The highest BCUT2D eigenvalue weighted by atomic mass is 35.5. The number of benzene rings is 1. The van der Waals surface area contributed by atoms with Gasteiger partial charge in [-0.2, -0.15) is 0 Å². The summed E-state index contributed by atoms with van der Waals surface area (Å²) in [6, 6.07) is 6.75. The van der Waals surface area contributed by atoms with Crippen LogP contribution in [0.5, 0.6) is 0 Å². The predicted molar refractivity (Wildman–Crippen MR) is 79.1 cm³/mol. The Bertz CT molecular complexity index is 426.